The first-order valence-electron chi connectivity index (χ1n) is 8.03. The Morgan fingerprint density at radius 3 is 2.67 bits per heavy atom. The lowest BCUT2D eigenvalue weighted by atomic mass is 10.2. The van der Waals surface area contributed by atoms with Crippen molar-refractivity contribution in [2.24, 2.45) is 4.40 Å². The molecular weight excluding hydrogens is 330 g/mol. The monoisotopic (exact) mass is 353 g/mol. The number of carbonyl (C=O) groups is 1. The molecule has 7 nitrogen and oxygen atoms in total. The van der Waals surface area contributed by atoms with Gasteiger partial charge in [0.25, 0.3) is 10.0 Å². The Hall–Kier alpha value is -2.09. The van der Waals surface area contributed by atoms with Crippen LogP contribution in [-0.4, -0.2) is 34.0 Å². The Morgan fingerprint density at radius 2 is 2.04 bits per heavy atom. The van der Waals surface area contributed by atoms with E-state index in [1.165, 1.54) is 13.2 Å². The van der Waals surface area contributed by atoms with E-state index >= 15 is 0 Å². The lowest BCUT2D eigenvalue weighted by Gasteiger charge is -2.31. The minimum atomic E-state index is -3.78. The van der Waals surface area contributed by atoms with E-state index in [-0.39, 0.29) is 4.90 Å². The molecule has 1 heterocycles. The predicted molar refractivity (Wildman–Crippen MR) is 94.3 cm³/mol. The van der Waals surface area contributed by atoms with Gasteiger partial charge in [-0.25, -0.2) is 4.79 Å². The molecule has 0 bridgehead atoms. The van der Waals surface area contributed by atoms with Crippen LogP contribution in [0.5, 0.6) is 0 Å². The number of methoxy groups -OCH3 is 1. The molecule has 8 heteroatoms. The maximum atomic E-state index is 12.5. The molecule has 24 heavy (non-hydrogen) atoms. The molecule has 1 N–H and O–H groups in total. The van der Waals surface area contributed by atoms with Crippen LogP contribution in [-0.2, 0) is 14.8 Å². The minimum absolute atomic E-state index is 0.104. The number of amidine groups is 1. The molecule has 1 aromatic rings. The van der Waals surface area contributed by atoms with Crippen LogP contribution in [0.4, 0.5) is 16.2 Å². The summed E-state index contributed by atoms with van der Waals surface area (Å²) in [7, 11) is -2.53. The first-order chi connectivity index (χ1) is 11.4. The second-order valence-corrected chi connectivity index (χ2v) is 7.11. The maximum Gasteiger partial charge on any atom is 0.411 e. The Kier molecular flexibility index (Phi) is 5.82. The molecule has 1 aliphatic heterocycles. The van der Waals surface area contributed by atoms with E-state index in [0.717, 1.165) is 19.3 Å². The zero-order chi connectivity index (χ0) is 17.7. The van der Waals surface area contributed by atoms with Crippen molar-refractivity contribution in [1.29, 1.82) is 0 Å². The van der Waals surface area contributed by atoms with Crippen molar-refractivity contribution in [2.45, 2.75) is 44.4 Å². The molecule has 0 aromatic heterocycles. The van der Waals surface area contributed by atoms with Crippen molar-refractivity contribution in [1.82, 2.24) is 0 Å². The lowest BCUT2D eigenvalue weighted by molar-refractivity contribution is 0.187. The van der Waals surface area contributed by atoms with Gasteiger partial charge in [0.05, 0.1) is 12.8 Å². The van der Waals surface area contributed by atoms with Crippen LogP contribution in [0.15, 0.2) is 27.5 Å². The molecule has 0 aliphatic carbocycles. The summed E-state index contributed by atoms with van der Waals surface area (Å²) >= 11 is 0. The van der Waals surface area contributed by atoms with E-state index in [0.29, 0.717) is 30.2 Å². The minimum Gasteiger partial charge on any atom is -0.453 e. The molecule has 0 radical (unpaired) electrons. The quantitative estimate of drug-likeness (QED) is 0.847. The highest BCUT2D eigenvalue weighted by molar-refractivity contribution is 7.90. The van der Waals surface area contributed by atoms with Crippen molar-refractivity contribution in [3.05, 3.63) is 18.2 Å². The third kappa shape index (κ3) is 3.87. The average molecular weight is 353 g/mol. The zero-order valence-corrected chi connectivity index (χ0v) is 15.0. The Balaban J connectivity index is 2.47. The fourth-order valence-electron chi connectivity index (χ4n) is 2.54. The molecule has 0 spiro atoms. The van der Waals surface area contributed by atoms with E-state index in [1.54, 1.807) is 12.1 Å². The van der Waals surface area contributed by atoms with E-state index in [9.17, 15) is 13.2 Å². The van der Waals surface area contributed by atoms with Crippen molar-refractivity contribution in [2.75, 3.05) is 23.9 Å². The number of nitrogens with zero attached hydrogens (tertiary/aromatic N) is 2. The standard InChI is InChI=1S/C16H23N3O4S/c1-4-6-10-19-13-9-8-12(17-16(20)23-3)11-14(13)24(21,22)18-15(19)7-5-2/h8-9,11H,4-7,10H2,1-3H3,(H,17,20). The molecule has 0 unspecified atom stereocenters. The SMILES string of the molecule is CCCCN1C(CCC)=NS(=O)(=O)c2cc(NC(=O)OC)ccc21. The molecule has 0 atom stereocenters. The number of carbonyl (C=O) groups excluding carboxylic acids is 1. The third-order valence-electron chi connectivity index (χ3n) is 3.71. The highest BCUT2D eigenvalue weighted by Gasteiger charge is 2.30. The van der Waals surface area contributed by atoms with Gasteiger partial charge in [0.2, 0.25) is 0 Å². The van der Waals surface area contributed by atoms with Crippen molar-refractivity contribution in [3.8, 4) is 0 Å². The number of fused-ring (bicyclic) bond motifs is 1. The van der Waals surface area contributed by atoms with Crippen molar-refractivity contribution >= 4 is 33.3 Å². The Morgan fingerprint density at radius 1 is 1.29 bits per heavy atom. The lowest BCUT2D eigenvalue weighted by Crippen LogP contribution is -2.36. The molecule has 2 rings (SSSR count). The number of hydrogen-bond donors (Lipinski definition) is 1. The number of hydrogen-bond acceptors (Lipinski definition) is 5. The smallest absolute Gasteiger partial charge is 0.411 e. The van der Waals surface area contributed by atoms with Gasteiger partial charge in [-0.3, -0.25) is 5.32 Å². The van der Waals surface area contributed by atoms with Crippen LogP contribution in [0.3, 0.4) is 0 Å². The van der Waals surface area contributed by atoms with Gasteiger partial charge in [0, 0.05) is 18.7 Å². The normalized spacial score (nSPS) is 15.5. The Bertz CT molecular complexity index is 744. The number of amides is 1. The number of ether oxygens (including phenoxy) is 1. The molecule has 0 saturated carbocycles. The summed E-state index contributed by atoms with van der Waals surface area (Å²) in [6.45, 7) is 4.79. The number of rotatable bonds is 6. The van der Waals surface area contributed by atoms with Crippen LogP contribution < -0.4 is 10.2 Å². The first-order valence-corrected chi connectivity index (χ1v) is 9.47. The van der Waals surface area contributed by atoms with Gasteiger partial charge in [0.15, 0.2) is 0 Å². The van der Waals surface area contributed by atoms with Gasteiger partial charge in [0.1, 0.15) is 10.7 Å². The third-order valence-corrected chi connectivity index (χ3v) is 5.04. The second-order valence-electron chi connectivity index (χ2n) is 5.54. The maximum absolute atomic E-state index is 12.5. The number of unbranched alkanes of at least 4 members (excludes halogenated alkanes) is 1. The first kappa shape index (κ1) is 18.3. The van der Waals surface area contributed by atoms with Crippen molar-refractivity contribution < 1.29 is 17.9 Å². The predicted octanol–water partition coefficient (Wildman–Crippen LogP) is 3.37. The second kappa shape index (κ2) is 7.65. The van der Waals surface area contributed by atoms with Crippen LogP contribution in [0.1, 0.15) is 39.5 Å². The van der Waals surface area contributed by atoms with Crippen LogP contribution in [0.25, 0.3) is 0 Å². The summed E-state index contributed by atoms with van der Waals surface area (Å²) in [5.41, 5.74) is 0.964. The van der Waals surface area contributed by atoms with Crippen LogP contribution >= 0.6 is 0 Å². The summed E-state index contributed by atoms with van der Waals surface area (Å²) in [6, 6.07) is 4.80. The van der Waals surface area contributed by atoms with E-state index in [1.807, 2.05) is 11.8 Å². The summed E-state index contributed by atoms with van der Waals surface area (Å²) in [5.74, 6) is 0.576. The molecule has 132 valence electrons. The summed E-state index contributed by atoms with van der Waals surface area (Å²) in [4.78, 5) is 13.4. The number of sulfonamides is 1. The Labute approximate surface area is 142 Å². The van der Waals surface area contributed by atoms with Gasteiger partial charge >= 0.3 is 6.09 Å². The zero-order valence-electron chi connectivity index (χ0n) is 14.2. The van der Waals surface area contributed by atoms with Gasteiger partial charge in [-0.2, -0.15) is 8.42 Å². The van der Waals surface area contributed by atoms with E-state index in [2.05, 4.69) is 21.4 Å². The largest absolute Gasteiger partial charge is 0.453 e. The molecule has 0 fully saturated rings. The van der Waals surface area contributed by atoms with Crippen LogP contribution in [0.2, 0.25) is 0 Å². The summed E-state index contributed by atoms with van der Waals surface area (Å²) < 4.78 is 33.6. The van der Waals surface area contributed by atoms with E-state index < -0.39 is 16.1 Å². The van der Waals surface area contributed by atoms with Crippen molar-refractivity contribution in [3.63, 3.8) is 0 Å². The number of nitrogens with one attached hydrogen (secondary N) is 1. The fourth-order valence-corrected chi connectivity index (χ4v) is 3.82. The number of benzene rings is 1. The molecular formula is C16H23N3O4S. The number of anilines is 2. The highest BCUT2D eigenvalue weighted by atomic mass is 32.2. The summed E-state index contributed by atoms with van der Waals surface area (Å²) in [6.07, 6.45) is 2.70. The fraction of sp³-hybridized carbons (Fsp3) is 0.500. The van der Waals surface area contributed by atoms with Gasteiger partial charge < -0.3 is 9.64 Å². The summed E-state index contributed by atoms with van der Waals surface area (Å²) in [5, 5.41) is 2.48. The molecule has 1 aromatic carbocycles. The molecule has 0 saturated heterocycles. The van der Waals surface area contributed by atoms with Gasteiger partial charge in [-0.1, -0.05) is 20.3 Å². The topological polar surface area (TPSA) is 88.1 Å². The van der Waals surface area contributed by atoms with E-state index in [4.69, 9.17) is 0 Å². The average Bonchev–Trinajstić information content (AvgIpc) is 2.55. The van der Waals surface area contributed by atoms with Gasteiger partial charge in [-0.15, -0.1) is 4.40 Å². The molecule has 1 amide bonds. The highest BCUT2D eigenvalue weighted by Crippen LogP contribution is 2.35. The van der Waals surface area contributed by atoms with Gasteiger partial charge in [-0.05, 0) is 31.0 Å². The molecule has 1 aliphatic rings. The van der Waals surface area contributed by atoms with Crippen LogP contribution in [0, 0.1) is 0 Å².